The predicted molar refractivity (Wildman–Crippen MR) is 122 cm³/mol. The molecule has 30 heavy (non-hydrogen) atoms. The standard InChI is InChI=1S/C24H27N3O2S/c28-24(27-16-14-26(15-17-27)13-12-23-7-4-18-30-23)25-21-8-10-22(11-9-21)29-19-20-5-2-1-3-6-20/h1-11,18H,12-17,19H2,(H,25,28). The Labute approximate surface area is 181 Å². The van der Waals surface area contributed by atoms with Crippen molar-refractivity contribution in [2.45, 2.75) is 13.0 Å². The Hall–Kier alpha value is -2.83. The molecule has 5 nitrogen and oxygen atoms in total. The number of urea groups is 1. The molecule has 2 aromatic carbocycles. The Kier molecular flexibility index (Phi) is 7.00. The minimum atomic E-state index is -0.0362. The first-order valence-corrected chi connectivity index (χ1v) is 11.2. The molecule has 6 heteroatoms. The normalized spacial score (nSPS) is 14.5. The van der Waals surface area contributed by atoms with Crippen LogP contribution in [0.3, 0.4) is 0 Å². The molecule has 4 rings (SSSR count). The first-order chi connectivity index (χ1) is 14.8. The molecule has 0 spiro atoms. The number of hydrogen-bond donors (Lipinski definition) is 1. The highest BCUT2D eigenvalue weighted by atomic mass is 32.1. The maximum absolute atomic E-state index is 12.6. The van der Waals surface area contributed by atoms with Gasteiger partial charge in [0.15, 0.2) is 0 Å². The quantitative estimate of drug-likeness (QED) is 0.600. The fraction of sp³-hybridized carbons (Fsp3) is 0.292. The van der Waals surface area contributed by atoms with Gasteiger partial charge >= 0.3 is 6.03 Å². The summed E-state index contributed by atoms with van der Waals surface area (Å²) in [7, 11) is 0. The first-order valence-electron chi connectivity index (χ1n) is 10.3. The second-order valence-electron chi connectivity index (χ2n) is 7.39. The summed E-state index contributed by atoms with van der Waals surface area (Å²) in [4.78, 5) is 18.3. The minimum Gasteiger partial charge on any atom is -0.489 e. The maximum atomic E-state index is 12.6. The Morgan fingerprint density at radius 1 is 0.933 bits per heavy atom. The van der Waals surface area contributed by atoms with Crippen molar-refractivity contribution in [1.82, 2.24) is 9.80 Å². The molecule has 1 aliphatic heterocycles. The van der Waals surface area contributed by atoms with Crippen molar-refractivity contribution < 1.29 is 9.53 Å². The zero-order valence-corrected chi connectivity index (χ0v) is 17.8. The highest BCUT2D eigenvalue weighted by Gasteiger charge is 2.21. The number of carbonyl (C=O) groups excluding carboxylic acids is 1. The number of anilines is 1. The zero-order chi connectivity index (χ0) is 20.6. The second kappa shape index (κ2) is 10.3. The lowest BCUT2D eigenvalue weighted by Gasteiger charge is -2.34. The van der Waals surface area contributed by atoms with Gasteiger partial charge in [-0.15, -0.1) is 11.3 Å². The van der Waals surface area contributed by atoms with Crippen LogP contribution in [0.1, 0.15) is 10.4 Å². The van der Waals surface area contributed by atoms with E-state index in [2.05, 4.69) is 27.7 Å². The number of rotatable bonds is 7. The van der Waals surface area contributed by atoms with E-state index in [9.17, 15) is 4.79 Å². The number of nitrogens with one attached hydrogen (secondary N) is 1. The molecule has 0 saturated carbocycles. The van der Waals surface area contributed by atoms with Crippen LogP contribution in [-0.2, 0) is 13.0 Å². The molecule has 1 aromatic heterocycles. The van der Waals surface area contributed by atoms with Gasteiger partial charge < -0.3 is 15.0 Å². The van der Waals surface area contributed by atoms with E-state index in [1.165, 1.54) is 4.88 Å². The summed E-state index contributed by atoms with van der Waals surface area (Å²) >= 11 is 1.81. The first kappa shape index (κ1) is 20.4. The van der Waals surface area contributed by atoms with Gasteiger partial charge in [0, 0.05) is 43.3 Å². The molecule has 0 atom stereocenters. The van der Waals surface area contributed by atoms with Gasteiger partial charge in [-0.05, 0) is 47.7 Å². The van der Waals surface area contributed by atoms with Crippen LogP contribution in [0, 0.1) is 0 Å². The Bertz CT molecular complexity index is 905. The molecule has 0 radical (unpaired) electrons. The van der Waals surface area contributed by atoms with Crippen LogP contribution in [0.4, 0.5) is 10.5 Å². The van der Waals surface area contributed by atoms with Gasteiger partial charge in [0.1, 0.15) is 12.4 Å². The number of nitrogens with zero attached hydrogens (tertiary/aromatic N) is 2. The van der Waals surface area contributed by atoms with Gasteiger partial charge in [0.25, 0.3) is 0 Å². The summed E-state index contributed by atoms with van der Waals surface area (Å²) in [6.07, 6.45) is 1.09. The summed E-state index contributed by atoms with van der Waals surface area (Å²) < 4.78 is 5.80. The van der Waals surface area contributed by atoms with Crippen molar-refractivity contribution in [2.24, 2.45) is 0 Å². The fourth-order valence-corrected chi connectivity index (χ4v) is 4.17. The van der Waals surface area contributed by atoms with Crippen LogP contribution in [0.15, 0.2) is 72.1 Å². The summed E-state index contributed by atoms with van der Waals surface area (Å²) in [5, 5.41) is 5.12. The molecule has 1 aliphatic rings. The predicted octanol–water partition coefficient (Wildman–Crippen LogP) is 4.72. The van der Waals surface area contributed by atoms with E-state index in [0.717, 1.165) is 56.1 Å². The molecule has 156 valence electrons. The lowest BCUT2D eigenvalue weighted by atomic mass is 10.2. The molecule has 1 saturated heterocycles. The zero-order valence-electron chi connectivity index (χ0n) is 17.0. The minimum absolute atomic E-state index is 0.0362. The molecule has 1 fully saturated rings. The molecular weight excluding hydrogens is 394 g/mol. The third-order valence-corrected chi connectivity index (χ3v) is 6.20. The highest BCUT2D eigenvalue weighted by Crippen LogP contribution is 2.18. The number of amides is 2. The Morgan fingerprint density at radius 2 is 1.70 bits per heavy atom. The lowest BCUT2D eigenvalue weighted by Crippen LogP contribution is -2.50. The van der Waals surface area contributed by atoms with Crippen LogP contribution in [0.5, 0.6) is 5.75 Å². The van der Waals surface area contributed by atoms with E-state index in [0.29, 0.717) is 6.61 Å². The van der Waals surface area contributed by atoms with E-state index in [1.54, 1.807) is 0 Å². The number of piperazine rings is 1. The number of ether oxygens (including phenoxy) is 1. The Balaban J connectivity index is 1.19. The van der Waals surface area contributed by atoms with Crippen LogP contribution in [0.2, 0.25) is 0 Å². The van der Waals surface area contributed by atoms with Crippen molar-refractivity contribution >= 4 is 23.1 Å². The summed E-state index contributed by atoms with van der Waals surface area (Å²) in [6.45, 7) is 4.95. The van der Waals surface area contributed by atoms with Crippen molar-refractivity contribution in [3.05, 3.63) is 82.6 Å². The van der Waals surface area contributed by atoms with E-state index < -0.39 is 0 Å². The van der Waals surface area contributed by atoms with Crippen LogP contribution < -0.4 is 10.1 Å². The Morgan fingerprint density at radius 3 is 2.40 bits per heavy atom. The third-order valence-electron chi connectivity index (χ3n) is 5.27. The highest BCUT2D eigenvalue weighted by molar-refractivity contribution is 7.09. The molecule has 3 aromatic rings. The summed E-state index contributed by atoms with van der Waals surface area (Å²) in [5.41, 5.74) is 1.91. The average Bonchev–Trinajstić information content (AvgIpc) is 3.32. The van der Waals surface area contributed by atoms with Crippen LogP contribution >= 0.6 is 11.3 Å². The van der Waals surface area contributed by atoms with Crippen molar-refractivity contribution in [1.29, 1.82) is 0 Å². The molecule has 0 unspecified atom stereocenters. The molecule has 1 N–H and O–H groups in total. The summed E-state index contributed by atoms with van der Waals surface area (Å²) in [6, 6.07) is 21.9. The smallest absolute Gasteiger partial charge is 0.321 e. The molecule has 2 amide bonds. The second-order valence-corrected chi connectivity index (χ2v) is 8.42. The van der Waals surface area contributed by atoms with Crippen molar-refractivity contribution in [3.63, 3.8) is 0 Å². The van der Waals surface area contributed by atoms with Gasteiger partial charge in [-0.25, -0.2) is 4.79 Å². The monoisotopic (exact) mass is 421 g/mol. The topological polar surface area (TPSA) is 44.8 Å². The summed E-state index contributed by atoms with van der Waals surface area (Å²) in [5.74, 6) is 0.788. The van der Waals surface area contributed by atoms with Gasteiger partial charge in [0.05, 0.1) is 0 Å². The fourth-order valence-electron chi connectivity index (χ4n) is 3.48. The number of carbonyl (C=O) groups is 1. The number of thiophene rings is 1. The van der Waals surface area contributed by atoms with Crippen LogP contribution in [0.25, 0.3) is 0 Å². The molecule has 0 bridgehead atoms. The molecule has 2 heterocycles. The maximum Gasteiger partial charge on any atom is 0.321 e. The number of benzene rings is 2. The lowest BCUT2D eigenvalue weighted by molar-refractivity contribution is 0.148. The van der Waals surface area contributed by atoms with E-state index >= 15 is 0 Å². The van der Waals surface area contributed by atoms with Gasteiger partial charge in [-0.3, -0.25) is 4.90 Å². The van der Waals surface area contributed by atoms with Crippen molar-refractivity contribution in [2.75, 3.05) is 38.0 Å². The number of hydrogen-bond acceptors (Lipinski definition) is 4. The third kappa shape index (κ3) is 5.84. The van der Waals surface area contributed by atoms with Crippen molar-refractivity contribution in [3.8, 4) is 5.75 Å². The van der Waals surface area contributed by atoms with Gasteiger partial charge in [-0.2, -0.15) is 0 Å². The van der Waals surface area contributed by atoms with Gasteiger partial charge in [0.2, 0.25) is 0 Å². The van der Waals surface area contributed by atoms with E-state index in [4.69, 9.17) is 4.74 Å². The van der Waals surface area contributed by atoms with Gasteiger partial charge in [-0.1, -0.05) is 36.4 Å². The SMILES string of the molecule is O=C(Nc1ccc(OCc2ccccc2)cc1)N1CCN(CCc2cccs2)CC1. The molecular formula is C24H27N3O2S. The largest absolute Gasteiger partial charge is 0.489 e. The van der Waals surface area contributed by atoms with Crippen LogP contribution in [-0.4, -0.2) is 48.6 Å². The average molecular weight is 422 g/mol. The molecule has 0 aliphatic carbocycles. The van der Waals surface area contributed by atoms with E-state index in [-0.39, 0.29) is 6.03 Å². The van der Waals surface area contributed by atoms with E-state index in [1.807, 2.05) is 70.8 Å².